The van der Waals surface area contributed by atoms with Crippen molar-refractivity contribution in [2.75, 3.05) is 0 Å². The minimum absolute atomic E-state index is 0. The van der Waals surface area contributed by atoms with Crippen LogP contribution in [0.4, 0.5) is 8.78 Å². The zero-order chi connectivity index (χ0) is 11.3. The van der Waals surface area contributed by atoms with Crippen LogP contribution in [0.15, 0.2) is 18.2 Å². The molecule has 0 aliphatic carbocycles. The topological polar surface area (TPSA) is 26.0 Å². The molecule has 1 aromatic rings. The van der Waals surface area contributed by atoms with E-state index in [2.05, 4.69) is 6.92 Å². The van der Waals surface area contributed by atoms with Gasteiger partial charge in [0, 0.05) is 17.7 Å². The minimum atomic E-state index is -0.558. The zero-order valence-corrected chi connectivity index (χ0v) is 10.2. The Morgan fingerprint density at radius 2 is 1.94 bits per heavy atom. The highest BCUT2D eigenvalue weighted by atomic mass is 35.5. The fraction of sp³-hybridized carbons (Fsp3) is 0.500. The van der Waals surface area contributed by atoms with Crippen LogP contribution in [0.1, 0.15) is 44.2 Å². The number of rotatable bonds is 5. The van der Waals surface area contributed by atoms with E-state index in [4.69, 9.17) is 5.73 Å². The van der Waals surface area contributed by atoms with Crippen molar-refractivity contribution in [2.24, 2.45) is 5.73 Å². The van der Waals surface area contributed by atoms with Crippen molar-refractivity contribution in [3.63, 3.8) is 0 Å². The van der Waals surface area contributed by atoms with E-state index in [1.54, 1.807) is 0 Å². The van der Waals surface area contributed by atoms with E-state index in [0.29, 0.717) is 5.56 Å². The normalized spacial score (nSPS) is 12.0. The van der Waals surface area contributed by atoms with E-state index in [0.717, 1.165) is 31.7 Å². The van der Waals surface area contributed by atoms with Gasteiger partial charge < -0.3 is 5.73 Å². The monoisotopic (exact) mass is 249 g/mol. The lowest BCUT2D eigenvalue weighted by atomic mass is 10.0. The molecule has 1 rings (SSSR count). The molecule has 0 radical (unpaired) electrons. The van der Waals surface area contributed by atoms with Crippen LogP contribution in [-0.4, -0.2) is 0 Å². The number of halogens is 3. The standard InChI is InChI=1S/C12H17F2N.ClH/c1-2-3-4-5-12(15)10-7-6-9(13)8-11(10)14;/h6-8,12H,2-5,15H2,1H3;1H/t12-;/m0./s1. The number of hydrogen-bond acceptors (Lipinski definition) is 1. The Kier molecular flexibility index (Phi) is 7.26. The number of hydrogen-bond donors (Lipinski definition) is 1. The Morgan fingerprint density at radius 1 is 1.25 bits per heavy atom. The summed E-state index contributed by atoms with van der Waals surface area (Å²) in [4.78, 5) is 0. The highest BCUT2D eigenvalue weighted by molar-refractivity contribution is 5.85. The lowest BCUT2D eigenvalue weighted by Gasteiger charge is -2.12. The Hall–Kier alpha value is -0.670. The summed E-state index contributed by atoms with van der Waals surface area (Å²) in [6, 6.07) is 3.24. The first-order valence-corrected chi connectivity index (χ1v) is 5.35. The molecule has 0 aromatic heterocycles. The molecule has 1 nitrogen and oxygen atoms in total. The summed E-state index contributed by atoms with van der Waals surface area (Å²) in [6.45, 7) is 2.10. The first-order chi connectivity index (χ1) is 7.15. The molecule has 0 saturated heterocycles. The van der Waals surface area contributed by atoms with Gasteiger partial charge in [-0.3, -0.25) is 0 Å². The summed E-state index contributed by atoms with van der Waals surface area (Å²) in [5, 5.41) is 0. The van der Waals surface area contributed by atoms with Gasteiger partial charge in [0.2, 0.25) is 0 Å². The van der Waals surface area contributed by atoms with Crippen LogP contribution < -0.4 is 5.73 Å². The first-order valence-electron chi connectivity index (χ1n) is 5.35. The van der Waals surface area contributed by atoms with Crippen LogP contribution in [0.25, 0.3) is 0 Å². The van der Waals surface area contributed by atoms with Crippen LogP contribution in [-0.2, 0) is 0 Å². The molecule has 0 unspecified atom stereocenters. The smallest absolute Gasteiger partial charge is 0.130 e. The summed E-state index contributed by atoms with van der Waals surface area (Å²) >= 11 is 0. The molecule has 4 heteroatoms. The summed E-state index contributed by atoms with van der Waals surface area (Å²) < 4.78 is 25.9. The highest BCUT2D eigenvalue weighted by Crippen LogP contribution is 2.20. The largest absolute Gasteiger partial charge is 0.324 e. The van der Waals surface area contributed by atoms with Gasteiger partial charge in [0.15, 0.2) is 0 Å². The molecular formula is C12H18ClF2N. The maximum absolute atomic E-state index is 13.3. The van der Waals surface area contributed by atoms with E-state index >= 15 is 0 Å². The van der Waals surface area contributed by atoms with E-state index in [1.165, 1.54) is 12.1 Å². The molecule has 0 amide bonds. The van der Waals surface area contributed by atoms with Crippen molar-refractivity contribution < 1.29 is 8.78 Å². The van der Waals surface area contributed by atoms with E-state index in [9.17, 15) is 8.78 Å². The van der Waals surface area contributed by atoms with Crippen LogP contribution in [0.3, 0.4) is 0 Å². The number of unbranched alkanes of at least 4 members (excludes halogenated alkanes) is 2. The van der Waals surface area contributed by atoms with E-state index in [1.807, 2.05) is 0 Å². The molecule has 0 spiro atoms. The van der Waals surface area contributed by atoms with Gasteiger partial charge in [0.25, 0.3) is 0 Å². The van der Waals surface area contributed by atoms with E-state index in [-0.39, 0.29) is 18.4 Å². The quantitative estimate of drug-likeness (QED) is 0.786. The maximum atomic E-state index is 13.3. The third-order valence-corrected chi connectivity index (χ3v) is 2.48. The van der Waals surface area contributed by atoms with Gasteiger partial charge in [-0.2, -0.15) is 0 Å². The Balaban J connectivity index is 0.00000225. The second kappa shape index (κ2) is 7.58. The summed E-state index contributed by atoms with van der Waals surface area (Å²) in [5.74, 6) is -1.10. The van der Waals surface area contributed by atoms with Gasteiger partial charge in [-0.1, -0.05) is 32.3 Å². The summed E-state index contributed by atoms with van der Waals surface area (Å²) in [7, 11) is 0. The maximum Gasteiger partial charge on any atom is 0.130 e. The molecule has 0 heterocycles. The predicted octanol–water partition coefficient (Wildman–Crippen LogP) is 3.97. The predicted molar refractivity (Wildman–Crippen MR) is 64.7 cm³/mol. The summed E-state index contributed by atoms with van der Waals surface area (Å²) in [6.07, 6.45) is 3.93. The second-order valence-electron chi connectivity index (χ2n) is 3.77. The Morgan fingerprint density at radius 3 is 2.50 bits per heavy atom. The third-order valence-electron chi connectivity index (χ3n) is 2.48. The molecule has 2 N–H and O–H groups in total. The van der Waals surface area contributed by atoms with Gasteiger partial charge in [-0.05, 0) is 12.5 Å². The molecule has 0 fully saturated rings. The fourth-order valence-corrected chi connectivity index (χ4v) is 1.57. The number of nitrogens with two attached hydrogens (primary N) is 1. The molecule has 0 saturated carbocycles. The minimum Gasteiger partial charge on any atom is -0.324 e. The van der Waals surface area contributed by atoms with Gasteiger partial charge in [0.05, 0.1) is 0 Å². The molecule has 0 aliphatic heterocycles. The van der Waals surface area contributed by atoms with Crippen molar-refractivity contribution >= 4 is 12.4 Å². The Labute approximate surface area is 101 Å². The van der Waals surface area contributed by atoms with Crippen LogP contribution in [0.2, 0.25) is 0 Å². The van der Waals surface area contributed by atoms with Crippen molar-refractivity contribution in [2.45, 2.75) is 38.6 Å². The average molecular weight is 250 g/mol. The van der Waals surface area contributed by atoms with Crippen LogP contribution in [0.5, 0.6) is 0 Å². The molecule has 1 atom stereocenters. The van der Waals surface area contributed by atoms with Crippen LogP contribution >= 0.6 is 12.4 Å². The van der Waals surface area contributed by atoms with Crippen molar-refractivity contribution in [3.8, 4) is 0 Å². The number of benzene rings is 1. The molecule has 16 heavy (non-hydrogen) atoms. The Bertz CT molecular complexity index is 318. The molecule has 92 valence electrons. The first kappa shape index (κ1) is 15.3. The average Bonchev–Trinajstić information content (AvgIpc) is 2.17. The van der Waals surface area contributed by atoms with Crippen molar-refractivity contribution in [1.82, 2.24) is 0 Å². The molecular weight excluding hydrogens is 232 g/mol. The molecule has 1 aromatic carbocycles. The SMILES string of the molecule is CCCCC[C@H](N)c1ccc(F)cc1F.Cl. The zero-order valence-electron chi connectivity index (χ0n) is 9.38. The molecule has 0 bridgehead atoms. The van der Waals surface area contributed by atoms with Gasteiger partial charge >= 0.3 is 0 Å². The van der Waals surface area contributed by atoms with E-state index < -0.39 is 11.6 Å². The van der Waals surface area contributed by atoms with Gasteiger partial charge in [-0.15, -0.1) is 12.4 Å². The van der Waals surface area contributed by atoms with Gasteiger partial charge in [-0.25, -0.2) is 8.78 Å². The molecule has 0 aliphatic rings. The lowest BCUT2D eigenvalue weighted by molar-refractivity contribution is 0.527. The highest BCUT2D eigenvalue weighted by Gasteiger charge is 2.11. The lowest BCUT2D eigenvalue weighted by Crippen LogP contribution is -2.12. The fourth-order valence-electron chi connectivity index (χ4n) is 1.57. The summed E-state index contributed by atoms with van der Waals surface area (Å²) in [5.41, 5.74) is 6.23. The van der Waals surface area contributed by atoms with Gasteiger partial charge in [0.1, 0.15) is 11.6 Å². The van der Waals surface area contributed by atoms with Crippen molar-refractivity contribution in [1.29, 1.82) is 0 Å². The van der Waals surface area contributed by atoms with Crippen LogP contribution in [0, 0.1) is 11.6 Å². The third kappa shape index (κ3) is 4.45. The van der Waals surface area contributed by atoms with Crippen molar-refractivity contribution in [3.05, 3.63) is 35.4 Å². The second-order valence-corrected chi connectivity index (χ2v) is 3.77.